The molecule has 3 rings (SSSR count). The number of sulfonamides is 1. The van der Waals surface area contributed by atoms with Crippen molar-refractivity contribution in [3.05, 3.63) is 92.0 Å². The van der Waals surface area contributed by atoms with Crippen LogP contribution in [0.5, 0.6) is 5.75 Å². The van der Waals surface area contributed by atoms with Crippen molar-refractivity contribution in [3.63, 3.8) is 0 Å². The Labute approximate surface area is 266 Å². The maximum absolute atomic E-state index is 14.2. The number of methoxy groups -OCH3 is 1. The highest BCUT2D eigenvalue weighted by molar-refractivity contribution is 7.92. The topological polar surface area (TPSA) is 139 Å². The molecule has 0 aliphatic carbocycles. The summed E-state index contributed by atoms with van der Waals surface area (Å²) in [5, 5.41) is 15.0. The van der Waals surface area contributed by atoms with Gasteiger partial charge in [-0.2, -0.15) is 0 Å². The van der Waals surface area contributed by atoms with Crippen LogP contribution in [0.25, 0.3) is 0 Å². The average Bonchev–Trinajstić information content (AvgIpc) is 2.98. The smallest absolute Gasteiger partial charge is 0.273 e. The van der Waals surface area contributed by atoms with Gasteiger partial charge in [-0.1, -0.05) is 54.4 Å². The van der Waals surface area contributed by atoms with Crippen LogP contribution in [-0.2, 0) is 26.2 Å². The number of halogens is 2. The number of rotatable bonds is 13. The minimum absolute atomic E-state index is 0.0765. The molecule has 11 nitrogen and oxygen atoms in total. The standard InChI is InChI=1S/C30H34Cl2N4O7S/c1-6-20(3)33-30(38)21(4)34(17-22-9-7-8-10-25(22)32)29(37)18-35(27-15-23(31)12-14-28(27)43-5)44(41,42)24-13-11-19(2)26(16-24)36(39)40/h7-16,20-21H,6,17-18H2,1-5H3,(H,33,38)/t20-,21+/m0/s1. The molecule has 3 aromatic rings. The average molecular weight is 666 g/mol. The first-order valence-corrected chi connectivity index (χ1v) is 15.8. The number of anilines is 1. The van der Waals surface area contributed by atoms with Gasteiger partial charge < -0.3 is 15.0 Å². The van der Waals surface area contributed by atoms with Gasteiger partial charge in [0.25, 0.3) is 15.7 Å². The first-order valence-electron chi connectivity index (χ1n) is 13.7. The van der Waals surface area contributed by atoms with E-state index in [0.717, 1.165) is 10.4 Å². The molecule has 44 heavy (non-hydrogen) atoms. The normalized spacial score (nSPS) is 12.6. The molecule has 0 aliphatic heterocycles. The molecule has 236 valence electrons. The summed E-state index contributed by atoms with van der Waals surface area (Å²) in [4.78, 5) is 39.1. The molecule has 1 N–H and O–H groups in total. The van der Waals surface area contributed by atoms with Gasteiger partial charge in [-0.25, -0.2) is 8.42 Å². The number of ether oxygens (including phenoxy) is 1. The summed E-state index contributed by atoms with van der Waals surface area (Å²) in [6, 6.07) is 13.3. The number of carbonyl (C=O) groups excluding carboxylic acids is 2. The fourth-order valence-corrected chi connectivity index (χ4v) is 6.10. The number of benzene rings is 3. The summed E-state index contributed by atoms with van der Waals surface area (Å²) >= 11 is 12.6. The third-order valence-electron chi connectivity index (χ3n) is 7.12. The Balaban J connectivity index is 2.17. The van der Waals surface area contributed by atoms with Crippen molar-refractivity contribution in [2.45, 2.75) is 57.6 Å². The molecule has 0 spiro atoms. The van der Waals surface area contributed by atoms with Crippen molar-refractivity contribution in [2.24, 2.45) is 0 Å². The Morgan fingerprint density at radius 3 is 2.36 bits per heavy atom. The minimum Gasteiger partial charge on any atom is -0.495 e. The van der Waals surface area contributed by atoms with E-state index in [1.165, 1.54) is 56.2 Å². The molecule has 0 fully saturated rings. The molecule has 2 atom stereocenters. The molecule has 3 aromatic carbocycles. The van der Waals surface area contributed by atoms with Crippen molar-refractivity contribution in [2.75, 3.05) is 18.0 Å². The number of carbonyl (C=O) groups is 2. The second-order valence-electron chi connectivity index (χ2n) is 10.1. The van der Waals surface area contributed by atoms with Crippen molar-refractivity contribution in [1.29, 1.82) is 0 Å². The second-order valence-corrected chi connectivity index (χ2v) is 12.8. The van der Waals surface area contributed by atoms with E-state index >= 15 is 0 Å². The summed E-state index contributed by atoms with van der Waals surface area (Å²) in [6.07, 6.45) is 0.653. The number of amides is 2. The lowest BCUT2D eigenvalue weighted by Gasteiger charge is -2.33. The highest BCUT2D eigenvalue weighted by Crippen LogP contribution is 2.36. The fourth-order valence-electron chi connectivity index (χ4n) is 4.30. The molecule has 0 aromatic heterocycles. The number of hydrogen-bond acceptors (Lipinski definition) is 7. The van der Waals surface area contributed by atoms with Crippen LogP contribution in [0.15, 0.2) is 65.6 Å². The maximum Gasteiger partial charge on any atom is 0.273 e. The van der Waals surface area contributed by atoms with Crippen LogP contribution in [-0.4, -0.2) is 55.8 Å². The Morgan fingerprint density at radius 2 is 1.75 bits per heavy atom. The fraction of sp³-hybridized carbons (Fsp3) is 0.333. The molecule has 0 bridgehead atoms. The minimum atomic E-state index is -4.64. The van der Waals surface area contributed by atoms with Crippen LogP contribution in [0, 0.1) is 17.0 Å². The first kappa shape index (κ1) is 34.6. The maximum atomic E-state index is 14.2. The van der Waals surface area contributed by atoms with Crippen LogP contribution in [0.2, 0.25) is 10.0 Å². The summed E-state index contributed by atoms with van der Waals surface area (Å²) in [7, 11) is -3.32. The van der Waals surface area contributed by atoms with E-state index in [4.69, 9.17) is 27.9 Å². The predicted molar refractivity (Wildman–Crippen MR) is 170 cm³/mol. The lowest BCUT2D eigenvalue weighted by Crippen LogP contribution is -2.52. The molecule has 0 saturated heterocycles. The van der Waals surface area contributed by atoms with Gasteiger partial charge in [-0.3, -0.25) is 24.0 Å². The van der Waals surface area contributed by atoms with Crippen molar-refractivity contribution < 1.29 is 27.7 Å². The Kier molecular flexibility index (Phi) is 11.6. The molecule has 0 unspecified atom stereocenters. The summed E-state index contributed by atoms with van der Waals surface area (Å²) < 4.78 is 34.6. The van der Waals surface area contributed by atoms with Crippen molar-refractivity contribution in [1.82, 2.24) is 10.2 Å². The first-order chi connectivity index (χ1) is 20.7. The van der Waals surface area contributed by atoms with Gasteiger partial charge in [-0.05, 0) is 63.1 Å². The number of nitro benzene ring substituents is 1. The van der Waals surface area contributed by atoms with Crippen LogP contribution in [0.4, 0.5) is 11.4 Å². The summed E-state index contributed by atoms with van der Waals surface area (Å²) in [6.45, 7) is 5.84. The van der Waals surface area contributed by atoms with Gasteiger partial charge in [0.1, 0.15) is 18.3 Å². The Hall–Kier alpha value is -3.87. The summed E-state index contributed by atoms with van der Waals surface area (Å²) in [5.74, 6) is -1.11. The lowest BCUT2D eigenvalue weighted by atomic mass is 10.1. The van der Waals surface area contributed by atoms with Gasteiger partial charge in [-0.15, -0.1) is 0 Å². The highest BCUT2D eigenvalue weighted by Gasteiger charge is 2.35. The van der Waals surface area contributed by atoms with Gasteiger partial charge in [0.05, 0.1) is 22.6 Å². The van der Waals surface area contributed by atoms with Crippen LogP contribution >= 0.6 is 23.2 Å². The zero-order valence-electron chi connectivity index (χ0n) is 24.9. The van der Waals surface area contributed by atoms with Crippen LogP contribution in [0.3, 0.4) is 0 Å². The lowest BCUT2D eigenvalue weighted by molar-refractivity contribution is -0.385. The Bertz CT molecular complexity index is 1650. The van der Waals surface area contributed by atoms with E-state index in [0.29, 0.717) is 17.0 Å². The van der Waals surface area contributed by atoms with Gasteiger partial charge in [0.15, 0.2) is 0 Å². The molecular weight excluding hydrogens is 631 g/mol. The third-order valence-corrected chi connectivity index (χ3v) is 9.48. The number of nitrogens with zero attached hydrogens (tertiary/aromatic N) is 3. The van der Waals surface area contributed by atoms with Crippen LogP contribution < -0.4 is 14.4 Å². The molecule has 0 aliphatic rings. The van der Waals surface area contributed by atoms with Gasteiger partial charge >= 0.3 is 0 Å². The predicted octanol–water partition coefficient (Wildman–Crippen LogP) is 5.75. The van der Waals surface area contributed by atoms with Crippen molar-refractivity contribution in [3.8, 4) is 5.75 Å². The number of hydrogen-bond donors (Lipinski definition) is 1. The molecule has 0 radical (unpaired) electrons. The third kappa shape index (κ3) is 7.99. The zero-order valence-corrected chi connectivity index (χ0v) is 27.2. The van der Waals surface area contributed by atoms with Gasteiger partial charge in [0, 0.05) is 34.3 Å². The molecule has 2 amide bonds. The SMILES string of the molecule is CC[C@H](C)NC(=O)[C@@H](C)N(Cc1ccccc1Cl)C(=O)CN(c1cc(Cl)ccc1OC)S(=O)(=O)c1ccc(C)c([N+](=O)[O-])c1. The van der Waals surface area contributed by atoms with E-state index in [-0.39, 0.29) is 34.6 Å². The second kappa shape index (κ2) is 14.7. The Morgan fingerprint density at radius 1 is 1.07 bits per heavy atom. The highest BCUT2D eigenvalue weighted by atomic mass is 35.5. The molecule has 14 heteroatoms. The quantitative estimate of drug-likeness (QED) is 0.181. The largest absolute Gasteiger partial charge is 0.495 e. The van der Waals surface area contributed by atoms with E-state index in [1.807, 2.05) is 13.8 Å². The number of aryl methyl sites for hydroxylation is 1. The van der Waals surface area contributed by atoms with Crippen LogP contribution in [0.1, 0.15) is 38.3 Å². The van der Waals surface area contributed by atoms with E-state index in [2.05, 4.69) is 5.32 Å². The number of nitro groups is 1. The van der Waals surface area contributed by atoms with Crippen molar-refractivity contribution >= 4 is 56.4 Å². The van der Waals surface area contributed by atoms with E-state index < -0.39 is 49.9 Å². The summed E-state index contributed by atoms with van der Waals surface area (Å²) in [5.41, 5.74) is 0.302. The molecule has 0 saturated carbocycles. The van der Waals surface area contributed by atoms with E-state index in [1.54, 1.807) is 24.3 Å². The van der Waals surface area contributed by atoms with Gasteiger partial charge in [0.2, 0.25) is 11.8 Å². The van der Waals surface area contributed by atoms with E-state index in [9.17, 15) is 28.1 Å². The molecule has 0 heterocycles. The zero-order chi connectivity index (χ0) is 32.8. The monoisotopic (exact) mass is 664 g/mol. The molecular formula is C30H34Cl2N4O7S. The number of nitrogens with one attached hydrogen (secondary N) is 1.